The molecule has 1 heterocycles. The number of nitrogens with zero attached hydrogens (tertiary/aromatic N) is 1. The van der Waals surface area contributed by atoms with Crippen molar-refractivity contribution >= 4 is 0 Å². The number of rotatable bonds is 4. The van der Waals surface area contributed by atoms with Crippen molar-refractivity contribution in [3.8, 4) is 0 Å². The van der Waals surface area contributed by atoms with Crippen LogP contribution >= 0.6 is 0 Å². The molecule has 19 heavy (non-hydrogen) atoms. The van der Waals surface area contributed by atoms with Crippen molar-refractivity contribution in [3.05, 3.63) is 35.9 Å². The molecule has 0 radical (unpaired) electrons. The molecule has 2 rings (SSSR count). The smallest absolute Gasteiger partial charge is 0.0449 e. The fourth-order valence-corrected chi connectivity index (χ4v) is 2.71. The lowest BCUT2D eigenvalue weighted by Crippen LogP contribution is -2.53. The fourth-order valence-electron chi connectivity index (χ4n) is 2.71. The van der Waals surface area contributed by atoms with Gasteiger partial charge in [-0.2, -0.15) is 0 Å². The first-order valence-electron chi connectivity index (χ1n) is 7.54. The van der Waals surface area contributed by atoms with Gasteiger partial charge in [-0.1, -0.05) is 51.1 Å². The van der Waals surface area contributed by atoms with Gasteiger partial charge in [0.2, 0.25) is 0 Å². The van der Waals surface area contributed by atoms with Crippen LogP contribution in [0.3, 0.4) is 0 Å². The minimum atomic E-state index is 0.410. The largest absolute Gasteiger partial charge is 0.307 e. The molecule has 0 saturated carbocycles. The van der Waals surface area contributed by atoms with E-state index >= 15 is 0 Å². The third kappa shape index (κ3) is 3.80. The van der Waals surface area contributed by atoms with E-state index in [-0.39, 0.29) is 0 Å². The first-order valence-corrected chi connectivity index (χ1v) is 7.54. The van der Waals surface area contributed by atoms with Crippen LogP contribution in [0.2, 0.25) is 0 Å². The number of hydrogen-bond donors (Lipinski definition) is 1. The predicted molar refractivity (Wildman–Crippen MR) is 82.3 cm³/mol. The average Bonchev–Trinajstić information content (AvgIpc) is 2.42. The summed E-state index contributed by atoms with van der Waals surface area (Å²) in [6, 6.07) is 11.9. The minimum absolute atomic E-state index is 0.410. The Labute approximate surface area is 118 Å². The van der Waals surface area contributed by atoms with Crippen LogP contribution in [0.15, 0.2) is 30.3 Å². The molecule has 0 aliphatic carbocycles. The van der Waals surface area contributed by atoms with Crippen LogP contribution in [0.4, 0.5) is 0 Å². The van der Waals surface area contributed by atoms with Crippen molar-refractivity contribution in [1.29, 1.82) is 0 Å². The van der Waals surface area contributed by atoms with Crippen LogP contribution in [0.25, 0.3) is 0 Å². The lowest BCUT2D eigenvalue weighted by Gasteiger charge is -2.42. The van der Waals surface area contributed by atoms with Crippen LogP contribution in [0.1, 0.15) is 45.7 Å². The zero-order valence-corrected chi connectivity index (χ0v) is 12.8. The third-order valence-electron chi connectivity index (χ3n) is 4.49. The van der Waals surface area contributed by atoms with Crippen LogP contribution in [-0.2, 0) is 0 Å². The highest BCUT2D eigenvalue weighted by Gasteiger charge is 2.29. The second-order valence-electron chi connectivity index (χ2n) is 6.67. The Morgan fingerprint density at radius 2 is 1.95 bits per heavy atom. The summed E-state index contributed by atoms with van der Waals surface area (Å²) >= 11 is 0. The Hall–Kier alpha value is -0.860. The van der Waals surface area contributed by atoms with Crippen LogP contribution in [0, 0.1) is 5.41 Å². The molecule has 1 fully saturated rings. The van der Waals surface area contributed by atoms with Crippen molar-refractivity contribution < 1.29 is 0 Å². The Morgan fingerprint density at radius 1 is 1.26 bits per heavy atom. The van der Waals surface area contributed by atoms with E-state index in [1.165, 1.54) is 18.5 Å². The second kappa shape index (κ2) is 6.06. The summed E-state index contributed by atoms with van der Waals surface area (Å²) in [7, 11) is 0. The van der Waals surface area contributed by atoms with Crippen molar-refractivity contribution in [2.75, 3.05) is 19.6 Å². The Balaban J connectivity index is 2.04. The number of nitrogens with one attached hydrogen (secondary N) is 1. The Bertz CT molecular complexity index is 386. The molecule has 1 N–H and O–H groups in total. The standard InChI is InChI=1S/C17H28N2/c1-5-17(3,4)13-19-12-16(18-11-14(19)2)15-9-7-6-8-10-15/h6-10,14,16,18H,5,11-13H2,1-4H3. The van der Waals surface area contributed by atoms with E-state index < -0.39 is 0 Å². The third-order valence-corrected chi connectivity index (χ3v) is 4.49. The quantitative estimate of drug-likeness (QED) is 0.892. The highest BCUT2D eigenvalue weighted by Crippen LogP contribution is 2.26. The summed E-state index contributed by atoms with van der Waals surface area (Å²) < 4.78 is 0. The van der Waals surface area contributed by atoms with Gasteiger partial charge < -0.3 is 5.32 Å². The van der Waals surface area contributed by atoms with Gasteiger partial charge in [0.1, 0.15) is 0 Å². The minimum Gasteiger partial charge on any atom is -0.307 e. The van der Waals surface area contributed by atoms with E-state index in [9.17, 15) is 0 Å². The summed E-state index contributed by atoms with van der Waals surface area (Å²) in [5, 5.41) is 3.68. The van der Waals surface area contributed by atoms with Gasteiger partial charge in [-0.3, -0.25) is 4.90 Å². The number of hydrogen-bond acceptors (Lipinski definition) is 2. The molecule has 1 saturated heterocycles. The lowest BCUT2D eigenvalue weighted by atomic mass is 9.88. The van der Waals surface area contributed by atoms with Gasteiger partial charge in [0, 0.05) is 31.7 Å². The maximum Gasteiger partial charge on any atom is 0.0449 e. The highest BCUT2D eigenvalue weighted by molar-refractivity contribution is 5.20. The molecule has 1 aromatic carbocycles. The van der Waals surface area contributed by atoms with Gasteiger partial charge in [0.15, 0.2) is 0 Å². The zero-order chi connectivity index (χ0) is 13.9. The molecular weight excluding hydrogens is 232 g/mol. The molecule has 0 aromatic heterocycles. The van der Waals surface area contributed by atoms with E-state index in [1.54, 1.807) is 0 Å². The lowest BCUT2D eigenvalue weighted by molar-refractivity contribution is 0.0905. The Morgan fingerprint density at radius 3 is 2.58 bits per heavy atom. The molecule has 1 aliphatic heterocycles. The van der Waals surface area contributed by atoms with E-state index in [2.05, 4.69) is 68.2 Å². The van der Waals surface area contributed by atoms with Gasteiger partial charge in [0.05, 0.1) is 0 Å². The normalized spacial score (nSPS) is 25.5. The first kappa shape index (κ1) is 14.5. The zero-order valence-electron chi connectivity index (χ0n) is 12.8. The van der Waals surface area contributed by atoms with Gasteiger partial charge in [-0.05, 0) is 24.3 Å². The van der Waals surface area contributed by atoms with E-state index in [0.29, 0.717) is 17.5 Å². The van der Waals surface area contributed by atoms with Crippen LogP contribution in [0.5, 0.6) is 0 Å². The van der Waals surface area contributed by atoms with E-state index in [0.717, 1.165) is 13.1 Å². The second-order valence-corrected chi connectivity index (χ2v) is 6.67. The average molecular weight is 260 g/mol. The maximum absolute atomic E-state index is 3.68. The van der Waals surface area contributed by atoms with E-state index in [1.807, 2.05) is 0 Å². The maximum atomic E-state index is 3.68. The predicted octanol–water partition coefficient (Wildman–Crippen LogP) is 3.46. The van der Waals surface area contributed by atoms with Crippen molar-refractivity contribution in [2.24, 2.45) is 5.41 Å². The molecule has 0 bridgehead atoms. The molecule has 2 heteroatoms. The van der Waals surface area contributed by atoms with Gasteiger partial charge in [0.25, 0.3) is 0 Å². The molecule has 1 aromatic rings. The van der Waals surface area contributed by atoms with E-state index in [4.69, 9.17) is 0 Å². The fraction of sp³-hybridized carbons (Fsp3) is 0.647. The number of benzene rings is 1. The molecular formula is C17H28N2. The molecule has 106 valence electrons. The summed E-state index contributed by atoms with van der Waals surface area (Å²) in [6.07, 6.45) is 1.24. The van der Waals surface area contributed by atoms with Crippen LogP contribution in [-0.4, -0.2) is 30.6 Å². The number of piperazine rings is 1. The molecule has 0 amide bonds. The summed E-state index contributed by atoms with van der Waals surface area (Å²) in [6.45, 7) is 12.8. The van der Waals surface area contributed by atoms with Crippen molar-refractivity contribution in [1.82, 2.24) is 10.2 Å². The van der Waals surface area contributed by atoms with Gasteiger partial charge >= 0.3 is 0 Å². The first-order chi connectivity index (χ1) is 9.02. The SMILES string of the molecule is CCC(C)(C)CN1CC(c2ccccc2)NCC1C. The highest BCUT2D eigenvalue weighted by atomic mass is 15.2. The molecule has 0 spiro atoms. The topological polar surface area (TPSA) is 15.3 Å². The molecule has 2 atom stereocenters. The molecule has 2 unspecified atom stereocenters. The summed E-state index contributed by atoms with van der Waals surface area (Å²) in [5.41, 5.74) is 1.82. The van der Waals surface area contributed by atoms with Crippen LogP contribution < -0.4 is 5.32 Å². The monoisotopic (exact) mass is 260 g/mol. The molecule has 1 aliphatic rings. The van der Waals surface area contributed by atoms with Gasteiger partial charge in [-0.15, -0.1) is 0 Å². The van der Waals surface area contributed by atoms with Crippen molar-refractivity contribution in [2.45, 2.75) is 46.2 Å². The summed E-state index contributed by atoms with van der Waals surface area (Å²) in [5.74, 6) is 0. The molecule has 2 nitrogen and oxygen atoms in total. The van der Waals surface area contributed by atoms with Crippen molar-refractivity contribution in [3.63, 3.8) is 0 Å². The van der Waals surface area contributed by atoms with Gasteiger partial charge in [-0.25, -0.2) is 0 Å². The Kier molecular flexibility index (Phi) is 4.64. The summed E-state index contributed by atoms with van der Waals surface area (Å²) in [4.78, 5) is 2.65.